The van der Waals surface area contributed by atoms with Gasteiger partial charge in [-0.1, -0.05) is 13.8 Å². The molecular formula is C8H9O5Rf-. The van der Waals surface area contributed by atoms with Crippen molar-refractivity contribution in [3.05, 3.63) is 22.6 Å². The van der Waals surface area contributed by atoms with Gasteiger partial charge in [0.15, 0.2) is 0 Å². The molecule has 14 heavy (non-hydrogen) atoms. The van der Waals surface area contributed by atoms with Crippen LogP contribution < -0.4 is 5.82 Å². The molecule has 0 radical (unpaired) electrons. The summed E-state index contributed by atoms with van der Waals surface area (Å²) in [7, 11) is 0. The van der Waals surface area contributed by atoms with Crippen molar-refractivity contribution in [1.29, 1.82) is 0 Å². The van der Waals surface area contributed by atoms with E-state index in [1.54, 1.807) is 13.8 Å². The summed E-state index contributed by atoms with van der Waals surface area (Å²) >= 11 is 0. The minimum absolute atomic E-state index is 0. The van der Waals surface area contributed by atoms with Crippen LogP contribution in [0.4, 0.5) is 0 Å². The van der Waals surface area contributed by atoms with Crippen molar-refractivity contribution in [2.45, 2.75) is 20.5 Å². The third-order valence-corrected chi connectivity index (χ3v) is 1.27. The van der Waals surface area contributed by atoms with Crippen molar-refractivity contribution in [3.8, 4) is 0 Å². The second-order valence-corrected chi connectivity index (χ2v) is 2.74. The first kappa shape index (κ1) is 11.5. The van der Waals surface area contributed by atoms with E-state index < -0.39 is 5.82 Å². The average Bonchev–Trinajstić information content (AvgIpc) is 2.47. The third-order valence-electron chi connectivity index (χ3n) is 1.27. The minimum atomic E-state index is -0.851. The smallest absolute Gasteiger partial charge is 0.345 e. The van der Waals surface area contributed by atoms with Crippen molar-refractivity contribution in [1.82, 2.24) is 0 Å². The summed E-state index contributed by atoms with van der Waals surface area (Å²) < 4.78 is 13.4. The van der Waals surface area contributed by atoms with E-state index >= 15 is 0 Å². The Labute approximate surface area is 74.3 Å². The summed E-state index contributed by atoms with van der Waals surface area (Å²) in [5.74, 6) is -1.34. The summed E-state index contributed by atoms with van der Waals surface area (Å²) in [4.78, 5) is 21.3. The molecule has 0 atom stereocenters. The average molecular weight is 452 g/mol. The van der Waals surface area contributed by atoms with Gasteiger partial charge in [0.05, 0.1) is 11.7 Å². The van der Waals surface area contributed by atoms with Gasteiger partial charge in [-0.3, -0.25) is 4.79 Å². The summed E-state index contributed by atoms with van der Waals surface area (Å²) in [6.45, 7) is 3.29. The molecule has 0 bridgehead atoms. The molecule has 74 valence electrons. The van der Waals surface area contributed by atoms with Gasteiger partial charge < -0.3 is 18.4 Å². The fourth-order valence-electron chi connectivity index (χ4n) is 0.603. The second kappa shape index (κ2) is 4.49. The van der Waals surface area contributed by atoms with Crippen LogP contribution in [0.25, 0.3) is 0 Å². The molecule has 0 amide bonds. The van der Waals surface area contributed by atoms with Crippen molar-refractivity contribution in [3.63, 3.8) is 0 Å². The first-order chi connectivity index (χ1) is 6.09. The van der Waals surface area contributed by atoms with E-state index in [-0.39, 0.29) is 24.3 Å². The Bertz CT molecular complexity index is 338. The normalized spacial score (nSPS) is 9.64. The van der Waals surface area contributed by atoms with Crippen LogP contribution in [-0.4, -0.2) is 5.97 Å². The first-order valence-electron chi connectivity index (χ1n) is 3.76. The van der Waals surface area contributed by atoms with E-state index in [4.69, 9.17) is 4.74 Å². The molecule has 0 N–H and O–H groups in total. The fraction of sp³-hybridized carbons (Fsp3) is 0.500. The largest absolute Gasteiger partial charge is 0.584 e. The van der Waals surface area contributed by atoms with Crippen LogP contribution in [0.1, 0.15) is 19.6 Å². The number of carbonyl (C=O) groups excluding carboxylic acids is 1. The van der Waals surface area contributed by atoms with E-state index in [1.165, 1.54) is 0 Å². The van der Waals surface area contributed by atoms with Crippen LogP contribution in [0.3, 0.4) is 0 Å². The summed E-state index contributed by atoms with van der Waals surface area (Å²) in [6.07, 6.45) is 2.17. The molecule has 0 fully saturated rings. The van der Waals surface area contributed by atoms with Crippen molar-refractivity contribution < 1.29 is 18.4 Å². The van der Waals surface area contributed by atoms with Crippen LogP contribution in [0, 0.1) is 12.2 Å². The third kappa shape index (κ3) is 2.84. The Hall–Kier alpha value is -2.52. The van der Waals surface area contributed by atoms with Crippen molar-refractivity contribution >= 4 is 5.97 Å². The number of hydrogen-bond acceptors (Lipinski definition) is 5. The molecule has 5 nitrogen and oxygen atoms in total. The Morgan fingerprint density at radius 1 is 1.57 bits per heavy atom. The van der Waals surface area contributed by atoms with Crippen molar-refractivity contribution in [2.75, 3.05) is 0 Å². The molecule has 0 aliphatic rings. The molecule has 0 spiro atoms. The summed E-state index contributed by atoms with van der Waals surface area (Å²) in [5, 5.41) is 0. The zero-order valence-electron chi connectivity index (χ0n) is 8.03. The van der Waals surface area contributed by atoms with Gasteiger partial charge in [-0.05, 0) is 6.26 Å². The predicted molar refractivity (Wildman–Crippen MR) is 40.7 cm³/mol. The van der Waals surface area contributed by atoms with Gasteiger partial charge in [0, 0.05) is 0 Å². The van der Waals surface area contributed by atoms with Gasteiger partial charge in [0.2, 0.25) is 0 Å². The number of rotatable bonds is 3. The van der Waals surface area contributed by atoms with E-state index in [0.717, 1.165) is 0 Å². The number of carbonyl (C=O) groups is 1. The van der Waals surface area contributed by atoms with Gasteiger partial charge in [0.25, 0.3) is 0 Å². The van der Waals surface area contributed by atoms with Gasteiger partial charge >= 0.3 is 11.8 Å². The van der Waals surface area contributed by atoms with Crippen LogP contribution in [0.2, 0.25) is 0 Å². The maximum atomic E-state index is 10.9. The summed E-state index contributed by atoms with van der Waals surface area (Å²) in [6, 6.07) is 0. The summed E-state index contributed by atoms with van der Waals surface area (Å²) in [5.41, 5.74) is 0. The topological polar surface area (TPSA) is 69.7 Å². The Kier molecular flexibility index (Phi) is 3.68. The zero-order valence-corrected chi connectivity index (χ0v) is 14.4. The van der Waals surface area contributed by atoms with Gasteiger partial charge in [-0.15, -0.1) is 0 Å². The maximum Gasteiger partial charge on any atom is 0.345 e. The van der Waals surface area contributed by atoms with E-state index in [9.17, 15) is 9.59 Å². The second-order valence-electron chi connectivity index (χ2n) is 2.74. The minimum Gasteiger partial charge on any atom is -0.584 e. The molecule has 1 heterocycles. The first-order valence-corrected chi connectivity index (χ1v) is 3.76. The van der Waals surface area contributed by atoms with E-state index in [2.05, 4.69) is 15.1 Å². The molecule has 0 saturated heterocycles. The Balaban J connectivity index is 0.00000169. The Morgan fingerprint density at radius 3 is 2.64 bits per heavy atom. The number of ether oxygens (including phenoxy) is 1. The van der Waals surface area contributed by atoms with Crippen LogP contribution in [0.5, 0.6) is 0 Å². The molecule has 0 saturated carbocycles. The molecule has 1 aromatic rings. The van der Waals surface area contributed by atoms with Crippen molar-refractivity contribution in [2.24, 2.45) is 5.92 Å². The quantitative estimate of drug-likeness (QED) is 0.500. The fourth-order valence-corrected chi connectivity index (χ4v) is 0.603. The van der Waals surface area contributed by atoms with Gasteiger partial charge in [0.1, 0.15) is 6.61 Å². The molecule has 1 aromatic heterocycles. The Morgan fingerprint density at radius 2 is 2.21 bits per heavy atom. The van der Waals surface area contributed by atoms with Gasteiger partial charge in [-0.2, -0.15) is 0 Å². The standard InChI is InChI=1S/C8H9O5.Rf/c1-5(2)7(9)11-3-6-4-12-8(10)13-6;/h5H,3H2,1-2H3;/q-1;. The van der Waals surface area contributed by atoms with E-state index in [1.807, 2.05) is 0 Å². The molecule has 1 rings (SSSR count). The molecule has 0 aromatic carbocycles. The van der Waals surface area contributed by atoms with Crippen LogP contribution in [0.15, 0.2) is 13.6 Å². The number of esters is 1. The molecule has 0 aliphatic carbocycles. The van der Waals surface area contributed by atoms with Gasteiger partial charge in [-0.25, -0.2) is 0 Å². The van der Waals surface area contributed by atoms with Crippen LogP contribution >= 0.6 is 0 Å². The number of hydrogen-bond donors (Lipinski definition) is 0. The predicted octanol–water partition coefficient (Wildman–Crippen LogP) is 0.732. The van der Waals surface area contributed by atoms with E-state index in [0.29, 0.717) is 0 Å². The zero-order chi connectivity index (χ0) is 9.84. The monoisotopic (exact) mass is 452 g/mol. The SMILES string of the molecule is CC(C)C(=O)OCc1[c-]oc(=O)o1.[Rf]. The molecule has 6 heteroatoms. The van der Waals surface area contributed by atoms with Crippen LogP contribution in [-0.2, 0) is 16.1 Å². The molecule has 0 aliphatic heterocycles. The maximum absolute atomic E-state index is 10.9. The molecule has 0 unspecified atom stereocenters. The molecular weight excluding hydrogens is 443 g/mol.